The molecule has 0 saturated carbocycles. The van der Waals surface area contributed by atoms with Gasteiger partial charge in [-0.3, -0.25) is 9.89 Å². The average molecular weight is 363 g/mol. The number of amides is 1. The predicted molar refractivity (Wildman–Crippen MR) is 68.3 cm³/mol. The molecule has 0 fully saturated rings. The van der Waals surface area contributed by atoms with Gasteiger partial charge in [0.1, 0.15) is 11.5 Å². The molecule has 2 aromatic rings. The summed E-state index contributed by atoms with van der Waals surface area (Å²) >= 11 is 6.29. The van der Waals surface area contributed by atoms with Crippen LogP contribution in [-0.4, -0.2) is 16.1 Å². The predicted octanol–water partition coefficient (Wildman–Crippen LogP) is 3.33. The Morgan fingerprint density at radius 2 is 2.18 bits per heavy atom. The summed E-state index contributed by atoms with van der Waals surface area (Å²) in [6, 6.07) is 4.39. The first kappa shape index (κ1) is 12.3. The Bertz CT molecular complexity index is 570. The molecule has 0 saturated heterocycles. The molecule has 0 atom stereocenters. The number of rotatable bonds is 2. The van der Waals surface area contributed by atoms with Gasteiger partial charge >= 0.3 is 0 Å². The van der Waals surface area contributed by atoms with Crippen LogP contribution in [0.3, 0.4) is 0 Å². The monoisotopic (exact) mass is 361 g/mol. The van der Waals surface area contributed by atoms with Crippen LogP contribution in [0.15, 0.2) is 33.3 Å². The van der Waals surface area contributed by atoms with Crippen LogP contribution in [-0.2, 0) is 0 Å². The Balaban J connectivity index is 2.22. The molecule has 88 valence electrons. The molecule has 17 heavy (non-hydrogen) atoms. The smallest absolute Gasteiger partial charge is 0.274 e. The van der Waals surface area contributed by atoms with E-state index < -0.39 is 11.7 Å². The molecule has 1 aromatic heterocycles. The standard InChI is InChI=1S/C10H6Br2FN3O/c11-5-1-2-8(7(13)3-5)15-10(17)9-6(12)4-14-16-9/h1-4H,(H,14,16)(H,15,17). The van der Waals surface area contributed by atoms with Gasteiger partial charge in [0.05, 0.1) is 16.4 Å². The maximum atomic E-state index is 13.5. The highest BCUT2D eigenvalue weighted by atomic mass is 79.9. The zero-order valence-electron chi connectivity index (χ0n) is 8.30. The lowest BCUT2D eigenvalue weighted by Gasteiger charge is -2.05. The summed E-state index contributed by atoms with van der Waals surface area (Å²) in [4.78, 5) is 11.7. The van der Waals surface area contributed by atoms with Gasteiger partial charge in [0, 0.05) is 4.47 Å². The maximum absolute atomic E-state index is 13.5. The SMILES string of the molecule is O=C(Nc1ccc(Br)cc1F)c1[nH]ncc1Br. The molecule has 2 rings (SSSR count). The van der Waals surface area contributed by atoms with Gasteiger partial charge < -0.3 is 5.32 Å². The van der Waals surface area contributed by atoms with Crippen LogP contribution in [0.5, 0.6) is 0 Å². The molecule has 0 aliphatic rings. The molecule has 4 nitrogen and oxygen atoms in total. The van der Waals surface area contributed by atoms with Gasteiger partial charge in [-0.15, -0.1) is 0 Å². The third kappa shape index (κ3) is 2.73. The van der Waals surface area contributed by atoms with Gasteiger partial charge in [-0.2, -0.15) is 5.10 Å². The minimum atomic E-state index is -0.511. The normalized spacial score (nSPS) is 10.3. The van der Waals surface area contributed by atoms with E-state index in [1.54, 1.807) is 6.07 Å². The lowest BCUT2D eigenvalue weighted by molar-refractivity contribution is 0.102. The number of H-pyrrole nitrogens is 1. The zero-order valence-corrected chi connectivity index (χ0v) is 11.5. The first-order valence-corrected chi connectivity index (χ1v) is 6.12. The van der Waals surface area contributed by atoms with Gasteiger partial charge in [-0.1, -0.05) is 15.9 Å². The molecule has 1 amide bonds. The first-order chi connectivity index (χ1) is 8.08. The minimum Gasteiger partial charge on any atom is -0.318 e. The number of nitrogens with zero attached hydrogens (tertiary/aromatic N) is 1. The van der Waals surface area contributed by atoms with Gasteiger partial charge in [0.15, 0.2) is 0 Å². The van der Waals surface area contributed by atoms with E-state index in [1.807, 2.05) is 0 Å². The van der Waals surface area contributed by atoms with E-state index in [-0.39, 0.29) is 11.4 Å². The molecule has 0 spiro atoms. The molecule has 0 radical (unpaired) electrons. The highest BCUT2D eigenvalue weighted by molar-refractivity contribution is 9.10. The summed E-state index contributed by atoms with van der Waals surface area (Å²) in [6.07, 6.45) is 1.45. The van der Waals surface area contributed by atoms with Gasteiger partial charge in [-0.05, 0) is 34.1 Å². The van der Waals surface area contributed by atoms with E-state index in [0.29, 0.717) is 8.95 Å². The van der Waals surface area contributed by atoms with E-state index in [1.165, 1.54) is 18.3 Å². The third-order valence-corrected chi connectivity index (χ3v) is 3.09. The van der Waals surface area contributed by atoms with Crippen molar-refractivity contribution in [2.24, 2.45) is 0 Å². The van der Waals surface area contributed by atoms with Crippen molar-refractivity contribution in [1.82, 2.24) is 10.2 Å². The Morgan fingerprint density at radius 1 is 1.41 bits per heavy atom. The van der Waals surface area contributed by atoms with Gasteiger partial charge in [0.2, 0.25) is 0 Å². The summed E-state index contributed by atoms with van der Waals surface area (Å²) in [6.45, 7) is 0. The molecule has 0 aliphatic carbocycles. The van der Waals surface area contributed by atoms with E-state index in [0.717, 1.165) is 0 Å². The van der Waals surface area contributed by atoms with Crippen molar-refractivity contribution in [3.63, 3.8) is 0 Å². The number of halogens is 3. The van der Waals surface area contributed by atoms with Crippen molar-refractivity contribution < 1.29 is 9.18 Å². The van der Waals surface area contributed by atoms with Crippen LogP contribution in [0.25, 0.3) is 0 Å². The second-order valence-corrected chi connectivity index (χ2v) is 4.94. The van der Waals surface area contributed by atoms with Crippen molar-refractivity contribution in [2.75, 3.05) is 5.32 Å². The Hall–Kier alpha value is -1.21. The number of hydrogen-bond acceptors (Lipinski definition) is 2. The minimum absolute atomic E-state index is 0.111. The molecular weight excluding hydrogens is 357 g/mol. The van der Waals surface area contributed by atoms with E-state index >= 15 is 0 Å². The molecule has 0 unspecified atom stereocenters. The fourth-order valence-electron chi connectivity index (χ4n) is 1.21. The summed E-state index contributed by atoms with van der Waals surface area (Å²) < 4.78 is 14.6. The first-order valence-electron chi connectivity index (χ1n) is 4.53. The zero-order chi connectivity index (χ0) is 12.4. The number of hydrogen-bond donors (Lipinski definition) is 2. The molecular formula is C10H6Br2FN3O. The Morgan fingerprint density at radius 3 is 2.76 bits per heavy atom. The topological polar surface area (TPSA) is 57.8 Å². The van der Waals surface area contributed by atoms with Gasteiger partial charge in [-0.25, -0.2) is 4.39 Å². The molecule has 1 heterocycles. The number of nitrogens with one attached hydrogen (secondary N) is 2. The van der Waals surface area contributed by atoms with Gasteiger partial charge in [0.25, 0.3) is 5.91 Å². The van der Waals surface area contributed by atoms with Crippen LogP contribution in [0, 0.1) is 5.82 Å². The Labute approximate surface area is 113 Å². The lowest BCUT2D eigenvalue weighted by Crippen LogP contribution is -2.14. The summed E-state index contributed by atoms with van der Waals surface area (Å²) in [5.41, 5.74) is 0.354. The summed E-state index contributed by atoms with van der Waals surface area (Å²) in [5, 5.41) is 8.65. The van der Waals surface area contributed by atoms with Crippen LogP contribution in [0.4, 0.5) is 10.1 Å². The van der Waals surface area contributed by atoms with Crippen molar-refractivity contribution in [3.05, 3.63) is 44.9 Å². The maximum Gasteiger partial charge on any atom is 0.274 e. The second-order valence-electron chi connectivity index (χ2n) is 3.17. The van der Waals surface area contributed by atoms with Crippen molar-refractivity contribution in [1.29, 1.82) is 0 Å². The fourth-order valence-corrected chi connectivity index (χ4v) is 1.91. The van der Waals surface area contributed by atoms with Crippen LogP contribution in [0.2, 0.25) is 0 Å². The third-order valence-electron chi connectivity index (χ3n) is 2.00. The lowest BCUT2D eigenvalue weighted by atomic mass is 10.3. The highest BCUT2D eigenvalue weighted by Crippen LogP contribution is 2.21. The Kier molecular flexibility index (Phi) is 3.58. The van der Waals surface area contributed by atoms with Crippen molar-refractivity contribution in [3.8, 4) is 0 Å². The van der Waals surface area contributed by atoms with Crippen LogP contribution in [0.1, 0.15) is 10.5 Å². The van der Waals surface area contributed by atoms with Crippen molar-refractivity contribution >= 4 is 43.5 Å². The van der Waals surface area contributed by atoms with E-state index in [4.69, 9.17) is 0 Å². The number of carbonyl (C=O) groups excluding carboxylic acids is 1. The van der Waals surface area contributed by atoms with E-state index in [9.17, 15) is 9.18 Å². The molecule has 0 bridgehead atoms. The molecule has 0 aliphatic heterocycles. The number of aromatic amines is 1. The average Bonchev–Trinajstić information content (AvgIpc) is 2.68. The fraction of sp³-hybridized carbons (Fsp3) is 0. The number of carbonyl (C=O) groups is 1. The molecule has 1 aromatic carbocycles. The van der Waals surface area contributed by atoms with Crippen molar-refractivity contribution in [2.45, 2.75) is 0 Å². The largest absolute Gasteiger partial charge is 0.318 e. The molecule has 7 heteroatoms. The second kappa shape index (κ2) is 4.97. The highest BCUT2D eigenvalue weighted by Gasteiger charge is 2.14. The van der Waals surface area contributed by atoms with E-state index in [2.05, 4.69) is 47.4 Å². The van der Waals surface area contributed by atoms with Crippen LogP contribution < -0.4 is 5.32 Å². The quantitative estimate of drug-likeness (QED) is 0.860. The summed E-state index contributed by atoms with van der Waals surface area (Å²) in [7, 11) is 0. The molecule has 2 N–H and O–H groups in total. The number of aromatic nitrogens is 2. The number of anilines is 1. The van der Waals surface area contributed by atoms with Crippen LogP contribution >= 0.6 is 31.9 Å². The number of benzene rings is 1. The summed E-state index contributed by atoms with van der Waals surface area (Å²) in [5.74, 6) is -0.973.